The van der Waals surface area contributed by atoms with Crippen molar-refractivity contribution in [1.29, 1.82) is 5.26 Å². The third-order valence-corrected chi connectivity index (χ3v) is 3.79. The highest BCUT2D eigenvalue weighted by Crippen LogP contribution is 2.15. The molecular formula is C13H18N2OS. The Morgan fingerprint density at radius 2 is 2.29 bits per heavy atom. The third kappa shape index (κ3) is 3.86. The van der Waals surface area contributed by atoms with Gasteiger partial charge in [0, 0.05) is 11.4 Å². The lowest BCUT2D eigenvalue weighted by Gasteiger charge is -2.12. The first-order valence-electron chi connectivity index (χ1n) is 5.76. The first-order valence-corrected chi connectivity index (χ1v) is 6.64. The quantitative estimate of drug-likeness (QED) is 0.873. The van der Waals surface area contributed by atoms with E-state index in [4.69, 9.17) is 5.26 Å². The number of nitriles is 1. The van der Waals surface area contributed by atoms with E-state index >= 15 is 0 Å². The number of nitrogens with one attached hydrogen (secondary N) is 1. The smallest absolute Gasteiger partial charge is 0.237 e. The molecule has 0 bridgehead atoms. The zero-order valence-electron chi connectivity index (χ0n) is 10.5. The van der Waals surface area contributed by atoms with Crippen molar-refractivity contribution >= 4 is 17.2 Å². The largest absolute Gasteiger partial charge is 0.355 e. The molecule has 1 N–H and O–H groups in total. The van der Waals surface area contributed by atoms with Crippen LogP contribution in [0.4, 0.5) is 0 Å². The van der Waals surface area contributed by atoms with E-state index in [2.05, 4.69) is 23.7 Å². The molecule has 1 atom stereocenters. The van der Waals surface area contributed by atoms with E-state index < -0.39 is 5.92 Å². The molecule has 1 rings (SSSR count). The van der Waals surface area contributed by atoms with E-state index in [0.29, 0.717) is 6.54 Å². The molecule has 0 spiro atoms. The lowest BCUT2D eigenvalue weighted by Crippen LogP contribution is -2.34. The van der Waals surface area contributed by atoms with Crippen LogP contribution in [0, 0.1) is 30.1 Å². The van der Waals surface area contributed by atoms with Gasteiger partial charge < -0.3 is 5.32 Å². The summed E-state index contributed by atoms with van der Waals surface area (Å²) >= 11 is 1.71. The van der Waals surface area contributed by atoms with Crippen LogP contribution in [-0.4, -0.2) is 12.5 Å². The molecule has 0 aliphatic rings. The van der Waals surface area contributed by atoms with Crippen molar-refractivity contribution in [2.24, 2.45) is 11.8 Å². The average Bonchev–Trinajstić information content (AvgIpc) is 2.65. The molecule has 0 aliphatic heterocycles. The molecule has 0 radical (unpaired) electrons. The summed E-state index contributed by atoms with van der Waals surface area (Å²) in [4.78, 5) is 13.0. The van der Waals surface area contributed by atoms with Crippen LogP contribution >= 0.6 is 11.3 Å². The standard InChI is InChI=1S/C13H18N2OS/c1-9(2)11(8-14)13(16)15-6-4-12-10(3)5-7-17-12/h5,7,9,11H,4,6H2,1-3H3,(H,15,16). The van der Waals surface area contributed by atoms with Crippen molar-refractivity contribution in [2.45, 2.75) is 27.2 Å². The van der Waals surface area contributed by atoms with E-state index in [0.717, 1.165) is 6.42 Å². The topological polar surface area (TPSA) is 52.9 Å². The minimum Gasteiger partial charge on any atom is -0.355 e. The monoisotopic (exact) mass is 250 g/mol. The van der Waals surface area contributed by atoms with E-state index in [1.165, 1.54) is 10.4 Å². The van der Waals surface area contributed by atoms with Crippen LogP contribution in [0.2, 0.25) is 0 Å². The summed E-state index contributed by atoms with van der Waals surface area (Å²) in [5.41, 5.74) is 1.27. The number of rotatable bonds is 5. The van der Waals surface area contributed by atoms with Gasteiger partial charge in [0.25, 0.3) is 0 Å². The van der Waals surface area contributed by atoms with Gasteiger partial charge in [0.2, 0.25) is 5.91 Å². The maximum atomic E-state index is 11.7. The average molecular weight is 250 g/mol. The van der Waals surface area contributed by atoms with Crippen molar-refractivity contribution in [1.82, 2.24) is 5.32 Å². The van der Waals surface area contributed by atoms with Gasteiger partial charge in [-0.2, -0.15) is 5.26 Å². The number of hydrogen-bond acceptors (Lipinski definition) is 3. The number of hydrogen-bond donors (Lipinski definition) is 1. The number of carbonyl (C=O) groups excluding carboxylic acids is 1. The molecule has 1 aromatic rings. The second-order valence-electron chi connectivity index (χ2n) is 4.42. The molecule has 1 unspecified atom stereocenters. The van der Waals surface area contributed by atoms with Crippen molar-refractivity contribution < 1.29 is 4.79 Å². The van der Waals surface area contributed by atoms with Crippen LogP contribution in [0.25, 0.3) is 0 Å². The summed E-state index contributed by atoms with van der Waals surface area (Å²) < 4.78 is 0. The second kappa shape index (κ2) is 6.41. The minimum atomic E-state index is -0.542. The van der Waals surface area contributed by atoms with Gasteiger partial charge in [-0.3, -0.25) is 4.79 Å². The van der Waals surface area contributed by atoms with E-state index in [1.54, 1.807) is 11.3 Å². The van der Waals surface area contributed by atoms with Gasteiger partial charge in [-0.25, -0.2) is 0 Å². The van der Waals surface area contributed by atoms with E-state index in [1.807, 2.05) is 19.9 Å². The van der Waals surface area contributed by atoms with Crippen LogP contribution in [0.15, 0.2) is 11.4 Å². The molecule has 17 heavy (non-hydrogen) atoms. The molecule has 3 nitrogen and oxygen atoms in total. The lowest BCUT2D eigenvalue weighted by atomic mass is 9.97. The Morgan fingerprint density at radius 3 is 2.76 bits per heavy atom. The summed E-state index contributed by atoms with van der Waals surface area (Å²) in [5, 5.41) is 13.8. The maximum absolute atomic E-state index is 11.7. The Morgan fingerprint density at radius 1 is 1.59 bits per heavy atom. The molecule has 92 valence electrons. The van der Waals surface area contributed by atoms with Gasteiger partial charge in [-0.1, -0.05) is 13.8 Å². The van der Waals surface area contributed by atoms with Crippen LogP contribution in [0.5, 0.6) is 0 Å². The lowest BCUT2D eigenvalue weighted by molar-refractivity contribution is -0.124. The summed E-state index contributed by atoms with van der Waals surface area (Å²) in [5.74, 6) is -0.639. The molecule has 0 saturated heterocycles. The maximum Gasteiger partial charge on any atom is 0.237 e. The molecule has 0 fully saturated rings. The van der Waals surface area contributed by atoms with Crippen LogP contribution < -0.4 is 5.32 Å². The highest BCUT2D eigenvalue weighted by molar-refractivity contribution is 7.10. The summed E-state index contributed by atoms with van der Waals surface area (Å²) in [6.45, 7) is 6.44. The van der Waals surface area contributed by atoms with Crippen LogP contribution in [0.1, 0.15) is 24.3 Å². The number of thiophene rings is 1. The van der Waals surface area contributed by atoms with Gasteiger partial charge in [0.1, 0.15) is 5.92 Å². The summed E-state index contributed by atoms with van der Waals surface area (Å²) in [6.07, 6.45) is 0.839. The van der Waals surface area contributed by atoms with Gasteiger partial charge in [-0.15, -0.1) is 11.3 Å². The first kappa shape index (κ1) is 13.7. The van der Waals surface area contributed by atoms with Crippen molar-refractivity contribution in [3.8, 4) is 6.07 Å². The zero-order chi connectivity index (χ0) is 12.8. The second-order valence-corrected chi connectivity index (χ2v) is 5.42. The van der Waals surface area contributed by atoms with Crippen molar-refractivity contribution in [3.63, 3.8) is 0 Å². The molecule has 1 aromatic heterocycles. The third-order valence-electron chi connectivity index (χ3n) is 2.71. The number of nitrogens with zero attached hydrogens (tertiary/aromatic N) is 1. The van der Waals surface area contributed by atoms with Crippen molar-refractivity contribution in [2.75, 3.05) is 6.54 Å². The Kier molecular flexibility index (Phi) is 5.17. The SMILES string of the molecule is Cc1ccsc1CCNC(=O)C(C#N)C(C)C. The molecular weight excluding hydrogens is 232 g/mol. The summed E-state index contributed by atoms with van der Waals surface area (Å²) in [7, 11) is 0. The van der Waals surface area contributed by atoms with Crippen LogP contribution in [-0.2, 0) is 11.2 Å². The molecule has 1 heterocycles. The number of aryl methyl sites for hydroxylation is 1. The van der Waals surface area contributed by atoms with Crippen molar-refractivity contribution in [3.05, 3.63) is 21.9 Å². The molecule has 1 amide bonds. The summed E-state index contributed by atoms with van der Waals surface area (Å²) in [6, 6.07) is 4.12. The first-order chi connectivity index (χ1) is 8.06. The van der Waals surface area contributed by atoms with E-state index in [9.17, 15) is 4.79 Å². The van der Waals surface area contributed by atoms with Gasteiger partial charge in [-0.05, 0) is 36.3 Å². The predicted octanol–water partition coefficient (Wildman–Crippen LogP) is 2.51. The fourth-order valence-corrected chi connectivity index (χ4v) is 2.49. The Hall–Kier alpha value is -1.34. The van der Waals surface area contributed by atoms with Gasteiger partial charge in [0.15, 0.2) is 0 Å². The van der Waals surface area contributed by atoms with Gasteiger partial charge >= 0.3 is 0 Å². The van der Waals surface area contributed by atoms with E-state index in [-0.39, 0.29) is 11.8 Å². The van der Waals surface area contributed by atoms with Gasteiger partial charge in [0.05, 0.1) is 6.07 Å². The molecule has 4 heteroatoms. The minimum absolute atomic E-state index is 0.0588. The fourth-order valence-electron chi connectivity index (χ4n) is 1.58. The highest BCUT2D eigenvalue weighted by Gasteiger charge is 2.20. The predicted molar refractivity (Wildman–Crippen MR) is 69.7 cm³/mol. The molecule has 0 saturated carbocycles. The zero-order valence-corrected chi connectivity index (χ0v) is 11.3. The highest BCUT2D eigenvalue weighted by atomic mass is 32.1. The molecule has 0 aliphatic carbocycles. The normalized spacial score (nSPS) is 12.2. The number of amides is 1. The molecule has 0 aromatic carbocycles. The number of carbonyl (C=O) groups is 1. The Balaban J connectivity index is 2.39. The van der Waals surface area contributed by atoms with Crippen LogP contribution in [0.3, 0.4) is 0 Å². The Bertz CT molecular complexity index is 417. The Labute approximate surface area is 106 Å². The fraction of sp³-hybridized carbons (Fsp3) is 0.538.